The molecule has 1 aliphatic heterocycles. The average molecular weight is 343 g/mol. The van der Waals surface area contributed by atoms with E-state index in [1.807, 2.05) is 39.0 Å². The number of hydrogen-bond donors (Lipinski definition) is 0. The van der Waals surface area contributed by atoms with Gasteiger partial charge in [0.25, 0.3) is 0 Å². The van der Waals surface area contributed by atoms with Gasteiger partial charge in [0.1, 0.15) is 11.4 Å². The molecule has 1 heterocycles. The molecule has 1 aromatic carbocycles. The van der Waals surface area contributed by atoms with Crippen molar-refractivity contribution in [3.05, 3.63) is 41.5 Å². The number of carbonyl (C=O) groups is 2. The highest BCUT2D eigenvalue weighted by Gasteiger charge is 2.25. The lowest BCUT2D eigenvalue weighted by Gasteiger charge is -2.32. The van der Waals surface area contributed by atoms with Crippen molar-refractivity contribution in [2.24, 2.45) is 0 Å². The Morgan fingerprint density at radius 3 is 2.16 bits per heavy atom. The minimum atomic E-state index is -0.468. The zero-order valence-electron chi connectivity index (χ0n) is 15.8. The molecule has 25 heavy (non-hydrogen) atoms. The smallest absolute Gasteiger partial charge is 0.410 e. The molecule has 0 atom stereocenters. The number of benzene rings is 1. The van der Waals surface area contributed by atoms with Gasteiger partial charge in [0.2, 0.25) is 0 Å². The zero-order valence-corrected chi connectivity index (χ0v) is 15.8. The van der Waals surface area contributed by atoms with Gasteiger partial charge >= 0.3 is 6.09 Å². The quantitative estimate of drug-likeness (QED) is 0.786. The standard InChI is InChI=1S/C21H29NO3/c1-16(23)10-11-19(17-8-6-5-7-9-17)18-12-14-22(15-13-18)20(24)25-21(2,3)4/h5-9H,10-15H2,1-4H3. The number of allylic oxidation sites excluding steroid dienone is 1. The maximum absolute atomic E-state index is 12.2. The molecule has 0 spiro atoms. The summed E-state index contributed by atoms with van der Waals surface area (Å²) in [7, 11) is 0. The number of hydrogen-bond acceptors (Lipinski definition) is 3. The molecule has 0 aromatic heterocycles. The van der Waals surface area contributed by atoms with Crippen molar-refractivity contribution in [3.8, 4) is 0 Å². The molecule has 0 aliphatic carbocycles. The minimum Gasteiger partial charge on any atom is -0.444 e. The first-order valence-electron chi connectivity index (χ1n) is 9.00. The van der Waals surface area contributed by atoms with Crippen LogP contribution in [0.5, 0.6) is 0 Å². The summed E-state index contributed by atoms with van der Waals surface area (Å²) >= 11 is 0. The van der Waals surface area contributed by atoms with Gasteiger partial charge in [0.05, 0.1) is 0 Å². The first kappa shape index (κ1) is 19.2. The van der Waals surface area contributed by atoms with Gasteiger partial charge < -0.3 is 14.4 Å². The van der Waals surface area contributed by atoms with Crippen LogP contribution in [0.1, 0.15) is 58.9 Å². The fourth-order valence-corrected chi connectivity index (χ4v) is 3.05. The van der Waals surface area contributed by atoms with Crippen LogP contribution in [0.15, 0.2) is 35.9 Å². The lowest BCUT2D eigenvalue weighted by Crippen LogP contribution is -2.40. The lowest BCUT2D eigenvalue weighted by molar-refractivity contribution is -0.116. The summed E-state index contributed by atoms with van der Waals surface area (Å²) in [5, 5.41) is 0. The third-order valence-corrected chi connectivity index (χ3v) is 4.29. The van der Waals surface area contributed by atoms with Gasteiger partial charge in [-0.1, -0.05) is 35.9 Å². The van der Waals surface area contributed by atoms with Crippen molar-refractivity contribution in [1.29, 1.82) is 0 Å². The van der Waals surface area contributed by atoms with Gasteiger partial charge in [-0.25, -0.2) is 4.79 Å². The molecule has 0 N–H and O–H groups in total. The van der Waals surface area contributed by atoms with Gasteiger partial charge in [-0.2, -0.15) is 0 Å². The minimum absolute atomic E-state index is 0.209. The van der Waals surface area contributed by atoms with E-state index in [2.05, 4.69) is 12.1 Å². The van der Waals surface area contributed by atoms with E-state index in [0.29, 0.717) is 19.5 Å². The van der Waals surface area contributed by atoms with Crippen molar-refractivity contribution >= 4 is 17.4 Å². The Hall–Kier alpha value is -2.10. The van der Waals surface area contributed by atoms with Crippen LogP contribution in [0.4, 0.5) is 4.79 Å². The summed E-state index contributed by atoms with van der Waals surface area (Å²) in [5.74, 6) is 0.209. The first-order chi connectivity index (χ1) is 11.8. The van der Waals surface area contributed by atoms with Crippen LogP contribution in [0.25, 0.3) is 5.57 Å². The number of nitrogens with zero attached hydrogens (tertiary/aromatic N) is 1. The molecule has 0 radical (unpaired) electrons. The Balaban J connectivity index is 2.11. The molecule has 2 rings (SSSR count). The van der Waals surface area contributed by atoms with Gasteiger partial charge in [0, 0.05) is 19.5 Å². The van der Waals surface area contributed by atoms with E-state index >= 15 is 0 Å². The highest BCUT2D eigenvalue weighted by molar-refractivity contribution is 5.79. The molecule has 4 heteroatoms. The van der Waals surface area contributed by atoms with Crippen molar-refractivity contribution in [3.63, 3.8) is 0 Å². The van der Waals surface area contributed by atoms with Crippen molar-refractivity contribution < 1.29 is 14.3 Å². The van der Waals surface area contributed by atoms with Crippen molar-refractivity contribution in [1.82, 2.24) is 4.90 Å². The summed E-state index contributed by atoms with van der Waals surface area (Å²) in [5.41, 5.74) is 3.33. The van der Waals surface area contributed by atoms with Crippen LogP contribution in [0.2, 0.25) is 0 Å². The van der Waals surface area contributed by atoms with E-state index in [1.165, 1.54) is 16.7 Å². The molecule has 1 amide bonds. The van der Waals surface area contributed by atoms with E-state index in [9.17, 15) is 9.59 Å². The zero-order chi connectivity index (χ0) is 18.4. The van der Waals surface area contributed by atoms with Gasteiger partial charge in [-0.05, 0) is 58.1 Å². The fourth-order valence-electron chi connectivity index (χ4n) is 3.05. The Bertz CT molecular complexity index is 631. The molecule has 0 bridgehead atoms. The Morgan fingerprint density at radius 1 is 1.04 bits per heavy atom. The highest BCUT2D eigenvalue weighted by Crippen LogP contribution is 2.30. The molecule has 0 unspecified atom stereocenters. The third-order valence-electron chi connectivity index (χ3n) is 4.29. The fraction of sp³-hybridized carbons (Fsp3) is 0.524. The summed E-state index contributed by atoms with van der Waals surface area (Å²) in [6.45, 7) is 8.63. The van der Waals surface area contributed by atoms with E-state index in [4.69, 9.17) is 4.74 Å². The summed E-state index contributed by atoms with van der Waals surface area (Å²) in [4.78, 5) is 25.4. The largest absolute Gasteiger partial charge is 0.444 e. The number of rotatable bonds is 4. The number of ketones is 1. The maximum atomic E-state index is 12.2. The van der Waals surface area contributed by atoms with E-state index in [0.717, 1.165) is 19.3 Å². The van der Waals surface area contributed by atoms with Crippen LogP contribution in [-0.2, 0) is 9.53 Å². The Kier molecular flexibility index (Phi) is 6.40. The summed E-state index contributed by atoms with van der Waals surface area (Å²) in [6.07, 6.45) is 2.75. The van der Waals surface area contributed by atoms with Crippen LogP contribution >= 0.6 is 0 Å². The van der Waals surface area contributed by atoms with Gasteiger partial charge in [0.15, 0.2) is 0 Å². The van der Waals surface area contributed by atoms with E-state index in [1.54, 1.807) is 11.8 Å². The maximum Gasteiger partial charge on any atom is 0.410 e. The Morgan fingerprint density at radius 2 is 1.64 bits per heavy atom. The molecule has 4 nitrogen and oxygen atoms in total. The SMILES string of the molecule is CC(=O)CCC(=C1CCN(C(=O)OC(C)(C)C)CC1)c1ccccc1. The van der Waals surface area contributed by atoms with Crippen molar-refractivity contribution in [2.75, 3.05) is 13.1 Å². The normalized spacial score (nSPS) is 15.0. The summed E-state index contributed by atoms with van der Waals surface area (Å²) in [6, 6.07) is 10.3. The predicted octanol–water partition coefficient (Wildman–Crippen LogP) is 4.84. The first-order valence-corrected chi connectivity index (χ1v) is 9.00. The number of piperidine rings is 1. The molecular weight excluding hydrogens is 314 g/mol. The van der Waals surface area contributed by atoms with E-state index < -0.39 is 5.60 Å². The van der Waals surface area contributed by atoms with Crippen LogP contribution in [0.3, 0.4) is 0 Å². The van der Waals surface area contributed by atoms with Crippen molar-refractivity contribution in [2.45, 2.75) is 59.0 Å². The van der Waals surface area contributed by atoms with E-state index in [-0.39, 0.29) is 11.9 Å². The van der Waals surface area contributed by atoms with Crippen LogP contribution < -0.4 is 0 Å². The number of amides is 1. The summed E-state index contributed by atoms with van der Waals surface area (Å²) < 4.78 is 5.46. The third kappa shape index (κ3) is 6.04. The number of carbonyl (C=O) groups excluding carboxylic acids is 2. The van der Waals surface area contributed by atoms with Crippen LogP contribution in [-0.4, -0.2) is 35.5 Å². The van der Waals surface area contributed by atoms with Gasteiger partial charge in [-0.3, -0.25) is 0 Å². The monoisotopic (exact) mass is 343 g/mol. The second-order valence-corrected chi connectivity index (χ2v) is 7.62. The molecule has 1 aromatic rings. The lowest BCUT2D eigenvalue weighted by atomic mass is 9.90. The molecule has 136 valence electrons. The highest BCUT2D eigenvalue weighted by atomic mass is 16.6. The molecular formula is C21H29NO3. The second-order valence-electron chi connectivity index (χ2n) is 7.62. The number of ether oxygens (including phenoxy) is 1. The molecule has 1 saturated heterocycles. The molecule has 1 fully saturated rings. The molecule has 0 saturated carbocycles. The van der Waals surface area contributed by atoms with Crippen LogP contribution in [0, 0.1) is 0 Å². The topological polar surface area (TPSA) is 46.6 Å². The molecule has 1 aliphatic rings. The van der Waals surface area contributed by atoms with Gasteiger partial charge in [-0.15, -0.1) is 0 Å². The number of Topliss-reactive ketones (excluding diaryl/α,β-unsaturated/α-hetero) is 1. The second kappa shape index (κ2) is 8.32. The average Bonchev–Trinajstić information content (AvgIpc) is 2.55. The Labute approximate surface area is 150 Å². The predicted molar refractivity (Wildman–Crippen MR) is 100 cm³/mol. The number of likely N-dealkylation sites (tertiary alicyclic amines) is 1.